The van der Waals surface area contributed by atoms with Gasteiger partial charge < -0.3 is 5.32 Å². The number of aromatic nitrogens is 1. The summed E-state index contributed by atoms with van der Waals surface area (Å²) in [6.45, 7) is 5.65. The Hall–Kier alpha value is -0.410. The fourth-order valence-electron chi connectivity index (χ4n) is 1.33. The Bertz CT molecular complexity index is 264. The summed E-state index contributed by atoms with van der Waals surface area (Å²) < 4.78 is 0. The van der Waals surface area contributed by atoms with Crippen molar-refractivity contribution < 1.29 is 0 Å². The minimum atomic E-state index is 0.406. The molecule has 0 radical (unpaired) electrons. The van der Waals surface area contributed by atoms with Gasteiger partial charge in [0, 0.05) is 18.0 Å². The molecule has 1 fully saturated rings. The zero-order valence-corrected chi connectivity index (χ0v) is 9.03. The summed E-state index contributed by atoms with van der Waals surface area (Å²) in [5.41, 5.74) is 3.66. The molecule has 13 heavy (non-hydrogen) atoms. The second-order valence-electron chi connectivity index (χ2n) is 4.33. The highest BCUT2D eigenvalue weighted by atomic mass is 32.1. The molecule has 1 N–H and O–H groups in total. The van der Waals surface area contributed by atoms with E-state index in [1.165, 1.54) is 18.5 Å². The predicted molar refractivity (Wildman–Crippen MR) is 55.9 cm³/mol. The highest BCUT2D eigenvalue weighted by molar-refractivity contribution is 7.07. The smallest absolute Gasteiger partial charge is 0.0795 e. The SMILES string of the molecule is CC(NCC1(C)CC1)c1cscn1. The molecule has 1 aliphatic carbocycles. The topological polar surface area (TPSA) is 24.9 Å². The molecule has 0 aromatic carbocycles. The third kappa shape index (κ3) is 2.29. The van der Waals surface area contributed by atoms with E-state index in [0.717, 1.165) is 6.54 Å². The van der Waals surface area contributed by atoms with Crippen LogP contribution in [0.25, 0.3) is 0 Å². The van der Waals surface area contributed by atoms with Crippen molar-refractivity contribution in [1.82, 2.24) is 10.3 Å². The largest absolute Gasteiger partial charge is 0.308 e. The summed E-state index contributed by atoms with van der Waals surface area (Å²) in [5, 5.41) is 5.65. The number of nitrogens with zero attached hydrogens (tertiary/aromatic N) is 1. The second-order valence-corrected chi connectivity index (χ2v) is 5.05. The van der Waals surface area contributed by atoms with Crippen molar-refractivity contribution in [2.24, 2.45) is 5.41 Å². The lowest BCUT2D eigenvalue weighted by Gasteiger charge is -2.14. The highest BCUT2D eigenvalue weighted by Crippen LogP contribution is 2.44. The van der Waals surface area contributed by atoms with Crippen LogP contribution in [0, 0.1) is 5.41 Å². The van der Waals surface area contributed by atoms with E-state index in [4.69, 9.17) is 0 Å². The van der Waals surface area contributed by atoms with E-state index in [9.17, 15) is 0 Å². The van der Waals surface area contributed by atoms with Crippen LogP contribution in [0.4, 0.5) is 0 Å². The van der Waals surface area contributed by atoms with Crippen LogP contribution in [-0.2, 0) is 0 Å². The second kappa shape index (κ2) is 3.39. The third-order valence-electron chi connectivity index (χ3n) is 2.83. The molecule has 1 aromatic heterocycles. The lowest BCUT2D eigenvalue weighted by molar-refractivity contribution is 0.453. The van der Waals surface area contributed by atoms with Gasteiger partial charge in [-0.3, -0.25) is 0 Å². The molecule has 0 amide bonds. The predicted octanol–water partition coefficient (Wildman–Crippen LogP) is 2.59. The number of thiazole rings is 1. The first-order valence-corrected chi connectivity index (χ1v) is 5.75. The van der Waals surface area contributed by atoms with E-state index in [0.29, 0.717) is 11.5 Å². The standard InChI is InChI=1S/C10H16N2S/c1-8(9-5-13-7-12-9)11-6-10(2)3-4-10/h5,7-8,11H,3-4,6H2,1-2H3. The van der Waals surface area contributed by atoms with Crippen molar-refractivity contribution in [3.8, 4) is 0 Å². The highest BCUT2D eigenvalue weighted by Gasteiger charge is 2.36. The molecule has 3 heteroatoms. The number of nitrogens with one attached hydrogen (secondary N) is 1. The molecule has 1 aliphatic rings. The molecule has 0 saturated heterocycles. The summed E-state index contributed by atoms with van der Waals surface area (Å²) in [7, 11) is 0. The quantitative estimate of drug-likeness (QED) is 0.800. The van der Waals surface area contributed by atoms with Crippen LogP contribution in [-0.4, -0.2) is 11.5 Å². The minimum Gasteiger partial charge on any atom is -0.308 e. The molecule has 1 heterocycles. The fourth-order valence-corrected chi connectivity index (χ4v) is 1.98. The first-order valence-electron chi connectivity index (χ1n) is 4.81. The van der Waals surface area contributed by atoms with Gasteiger partial charge in [0.1, 0.15) is 0 Å². The monoisotopic (exact) mass is 196 g/mol. The number of hydrogen-bond donors (Lipinski definition) is 1. The van der Waals surface area contributed by atoms with E-state index < -0.39 is 0 Å². The van der Waals surface area contributed by atoms with Crippen molar-refractivity contribution in [2.75, 3.05) is 6.54 Å². The Morgan fingerprint density at radius 3 is 3.00 bits per heavy atom. The zero-order chi connectivity index (χ0) is 9.31. The molecular formula is C10H16N2S. The van der Waals surface area contributed by atoms with Gasteiger partial charge >= 0.3 is 0 Å². The van der Waals surface area contributed by atoms with E-state index in [-0.39, 0.29) is 0 Å². The molecule has 0 bridgehead atoms. The Labute approximate surface area is 83.4 Å². The third-order valence-corrected chi connectivity index (χ3v) is 3.44. The summed E-state index contributed by atoms with van der Waals surface area (Å²) in [4.78, 5) is 4.29. The number of hydrogen-bond acceptors (Lipinski definition) is 3. The fraction of sp³-hybridized carbons (Fsp3) is 0.700. The molecule has 0 spiro atoms. The molecule has 1 atom stereocenters. The van der Waals surface area contributed by atoms with Crippen molar-refractivity contribution in [3.05, 3.63) is 16.6 Å². The Morgan fingerprint density at radius 1 is 1.69 bits per heavy atom. The lowest BCUT2D eigenvalue weighted by atomic mass is 10.1. The molecule has 0 aliphatic heterocycles. The van der Waals surface area contributed by atoms with Crippen LogP contribution in [0.5, 0.6) is 0 Å². The van der Waals surface area contributed by atoms with Crippen molar-refractivity contribution in [2.45, 2.75) is 32.7 Å². The van der Waals surface area contributed by atoms with Crippen LogP contribution in [0.2, 0.25) is 0 Å². The van der Waals surface area contributed by atoms with Gasteiger partial charge in [-0.2, -0.15) is 0 Å². The Kier molecular flexibility index (Phi) is 2.39. The van der Waals surface area contributed by atoms with Crippen LogP contribution in [0.3, 0.4) is 0 Å². The maximum absolute atomic E-state index is 4.29. The van der Waals surface area contributed by atoms with E-state index >= 15 is 0 Å². The zero-order valence-electron chi connectivity index (χ0n) is 8.21. The van der Waals surface area contributed by atoms with Crippen molar-refractivity contribution in [3.63, 3.8) is 0 Å². The molecule has 72 valence electrons. The lowest BCUT2D eigenvalue weighted by Crippen LogP contribution is -2.25. The van der Waals surface area contributed by atoms with Gasteiger partial charge in [0.25, 0.3) is 0 Å². The van der Waals surface area contributed by atoms with Gasteiger partial charge in [0.05, 0.1) is 11.2 Å². The molecule has 2 nitrogen and oxygen atoms in total. The molecule has 2 rings (SSSR count). The maximum atomic E-state index is 4.29. The Balaban J connectivity index is 1.82. The minimum absolute atomic E-state index is 0.406. The van der Waals surface area contributed by atoms with Gasteiger partial charge in [-0.25, -0.2) is 4.98 Å². The van der Waals surface area contributed by atoms with Gasteiger partial charge in [0.2, 0.25) is 0 Å². The normalized spacial score (nSPS) is 21.4. The Morgan fingerprint density at radius 2 is 2.46 bits per heavy atom. The number of rotatable bonds is 4. The molecule has 1 unspecified atom stereocenters. The van der Waals surface area contributed by atoms with Crippen LogP contribution >= 0.6 is 11.3 Å². The van der Waals surface area contributed by atoms with Crippen molar-refractivity contribution >= 4 is 11.3 Å². The summed E-state index contributed by atoms with van der Waals surface area (Å²) >= 11 is 1.67. The van der Waals surface area contributed by atoms with E-state index in [1.54, 1.807) is 11.3 Å². The summed E-state index contributed by atoms with van der Waals surface area (Å²) in [6.07, 6.45) is 2.76. The molecule has 1 saturated carbocycles. The first kappa shape index (κ1) is 9.16. The molecule has 1 aromatic rings. The van der Waals surface area contributed by atoms with E-state index in [1.807, 2.05) is 5.51 Å². The summed E-state index contributed by atoms with van der Waals surface area (Å²) in [5.74, 6) is 0. The van der Waals surface area contributed by atoms with Gasteiger partial charge in [-0.1, -0.05) is 6.92 Å². The van der Waals surface area contributed by atoms with Crippen molar-refractivity contribution in [1.29, 1.82) is 0 Å². The van der Waals surface area contributed by atoms with Crippen LogP contribution in [0.1, 0.15) is 38.4 Å². The van der Waals surface area contributed by atoms with Gasteiger partial charge in [0.15, 0.2) is 0 Å². The first-order chi connectivity index (χ1) is 6.20. The van der Waals surface area contributed by atoms with Gasteiger partial charge in [-0.15, -0.1) is 11.3 Å². The van der Waals surface area contributed by atoms with Crippen LogP contribution < -0.4 is 5.32 Å². The van der Waals surface area contributed by atoms with Crippen LogP contribution in [0.15, 0.2) is 10.9 Å². The van der Waals surface area contributed by atoms with E-state index in [2.05, 4.69) is 29.5 Å². The molecular weight excluding hydrogens is 180 g/mol. The van der Waals surface area contributed by atoms with Gasteiger partial charge in [-0.05, 0) is 25.2 Å². The summed E-state index contributed by atoms with van der Waals surface area (Å²) in [6, 6.07) is 0.406. The maximum Gasteiger partial charge on any atom is 0.0795 e. The average molecular weight is 196 g/mol. The average Bonchev–Trinajstić information content (AvgIpc) is 2.69.